The van der Waals surface area contributed by atoms with E-state index in [-0.39, 0.29) is 30.3 Å². The molecular weight excluding hydrogens is 451 g/mol. The number of carbonyl (C=O) groups is 1. The predicted octanol–water partition coefficient (Wildman–Crippen LogP) is 1.74. The number of carbonyl (C=O) groups excluding carboxylic acids is 1. The van der Waals surface area contributed by atoms with Crippen molar-refractivity contribution in [1.29, 1.82) is 0 Å². The molecule has 9 nitrogen and oxygen atoms in total. The number of aromatic nitrogens is 2. The van der Waals surface area contributed by atoms with E-state index in [0.29, 0.717) is 45.2 Å². The summed E-state index contributed by atoms with van der Waals surface area (Å²) in [6.07, 6.45) is -1.00. The molecule has 3 heterocycles. The SMILES string of the molecule is CN1CCN(C2CC(Nc3ncc(C(F)(F)F)c(NCCCN4CCOCCC4=O)n3)C2)CC1. The molecule has 12 heteroatoms. The Kier molecular flexibility index (Phi) is 8.10. The van der Waals surface area contributed by atoms with E-state index >= 15 is 0 Å². The summed E-state index contributed by atoms with van der Waals surface area (Å²) >= 11 is 0. The molecule has 0 aromatic carbocycles. The Morgan fingerprint density at radius 2 is 1.91 bits per heavy atom. The fourth-order valence-electron chi connectivity index (χ4n) is 4.60. The van der Waals surface area contributed by atoms with Crippen LogP contribution in [-0.4, -0.2) is 109 Å². The van der Waals surface area contributed by atoms with Gasteiger partial charge < -0.3 is 25.2 Å². The van der Waals surface area contributed by atoms with Crippen LogP contribution in [0, 0.1) is 0 Å². The molecule has 3 fully saturated rings. The van der Waals surface area contributed by atoms with Crippen LogP contribution >= 0.6 is 0 Å². The van der Waals surface area contributed by atoms with Crippen molar-refractivity contribution in [2.75, 3.05) is 76.7 Å². The van der Waals surface area contributed by atoms with Gasteiger partial charge in [0, 0.05) is 64.1 Å². The molecular formula is C22H34F3N7O2. The van der Waals surface area contributed by atoms with Gasteiger partial charge in [-0.25, -0.2) is 4.98 Å². The second kappa shape index (κ2) is 11.0. The van der Waals surface area contributed by atoms with Crippen molar-refractivity contribution in [2.24, 2.45) is 0 Å². The summed E-state index contributed by atoms with van der Waals surface area (Å²) in [5.74, 6) is -0.0139. The lowest BCUT2D eigenvalue weighted by Gasteiger charge is -2.46. The summed E-state index contributed by atoms with van der Waals surface area (Å²) in [7, 11) is 2.12. The van der Waals surface area contributed by atoms with E-state index in [4.69, 9.17) is 4.74 Å². The minimum absolute atomic E-state index is 0.0115. The number of alkyl halides is 3. The van der Waals surface area contributed by atoms with Crippen molar-refractivity contribution in [1.82, 2.24) is 24.7 Å². The van der Waals surface area contributed by atoms with E-state index in [0.717, 1.165) is 45.2 Å². The van der Waals surface area contributed by atoms with Crippen molar-refractivity contribution in [2.45, 2.75) is 43.9 Å². The van der Waals surface area contributed by atoms with Gasteiger partial charge in [0.1, 0.15) is 11.4 Å². The van der Waals surface area contributed by atoms with E-state index < -0.39 is 11.7 Å². The molecule has 2 aliphatic heterocycles. The predicted molar refractivity (Wildman–Crippen MR) is 122 cm³/mol. The smallest absolute Gasteiger partial charge is 0.379 e. The lowest BCUT2D eigenvalue weighted by Crippen LogP contribution is -2.55. The number of hydrogen-bond donors (Lipinski definition) is 2. The molecule has 2 saturated heterocycles. The highest BCUT2D eigenvalue weighted by molar-refractivity contribution is 5.76. The Morgan fingerprint density at radius 3 is 2.65 bits per heavy atom. The van der Waals surface area contributed by atoms with Gasteiger partial charge in [-0.2, -0.15) is 18.2 Å². The van der Waals surface area contributed by atoms with Crippen molar-refractivity contribution in [3.05, 3.63) is 11.8 Å². The first-order valence-corrected chi connectivity index (χ1v) is 12.0. The number of anilines is 2. The van der Waals surface area contributed by atoms with Gasteiger partial charge in [-0.15, -0.1) is 0 Å². The second-order valence-electron chi connectivity index (χ2n) is 9.28. The second-order valence-corrected chi connectivity index (χ2v) is 9.28. The highest BCUT2D eigenvalue weighted by Crippen LogP contribution is 2.34. The highest BCUT2D eigenvalue weighted by atomic mass is 19.4. The molecule has 0 radical (unpaired) electrons. The van der Waals surface area contributed by atoms with Gasteiger partial charge in [-0.3, -0.25) is 9.69 Å². The molecule has 0 atom stereocenters. The molecule has 0 unspecified atom stereocenters. The number of ether oxygens (including phenoxy) is 1. The minimum Gasteiger partial charge on any atom is -0.379 e. The van der Waals surface area contributed by atoms with Gasteiger partial charge in [0.05, 0.1) is 19.6 Å². The van der Waals surface area contributed by atoms with Crippen LogP contribution in [0.25, 0.3) is 0 Å². The van der Waals surface area contributed by atoms with Crippen LogP contribution in [0.3, 0.4) is 0 Å². The van der Waals surface area contributed by atoms with Gasteiger partial charge in [-0.1, -0.05) is 0 Å². The average Bonchev–Trinajstić information content (AvgIpc) is 2.97. The van der Waals surface area contributed by atoms with Crippen molar-refractivity contribution >= 4 is 17.7 Å². The van der Waals surface area contributed by atoms with Crippen LogP contribution in [-0.2, 0) is 15.7 Å². The number of piperazine rings is 1. The Bertz CT molecular complexity index is 827. The van der Waals surface area contributed by atoms with Gasteiger partial charge in [0.25, 0.3) is 0 Å². The third-order valence-electron chi connectivity index (χ3n) is 6.81. The summed E-state index contributed by atoms with van der Waals surface area (Å²) in [4.78, 5) is 26.6. The number of rotatable bonds is 8. The molecule has 190 valence electrons. The van der Waals surface area contributed by atoms with Crippen LogP contribution in [0.15, 0.2) is 6.20 Å². The van der Waals surface area contributed by atoms with Crippen LogP contribution in [0.2, 0.25) is 0 Å². The van der Waals surface area contributed by atoms with Gasteiger partial charge >= 0.3 is 6.18 Å². The van der Waals surface area contributed by atoms with Crippen LogP contribution in [0.4, 0.5) is 24.9 Å². The summed E-state index contributed by atoms with van der Waals surface area (Å²) in [6.45, 7) is 6.35. The standard InChI is InChI=1S/C22H34F3N7O2/c1-30-6-8-31(9-7-30)17-13-16(14-17)28-21-27-15-18(22(23,24)25)20(29-21)26-4-2-5-32-10-12-34-11-3-19(32)33/h15-17H,2-14H2,1H3,(H2,26,27,28,29). The zero-order valence-corrected chi connectivity index (χ0v) is 19.6. The zero-order chi connectivity index (χ0) is 24.1. The average molecular weight is 486 g/mol. The van der Waals surface area contributed by atoms with Crippen molar-refractivity contribution in [3.8, 4) is 0 Å². The highest BCUT2D eigenvalue weighted by Gasteiger charge is 2.37. The Balaban J connectivity index is 1.29. The Labute approximate surface area is 198 Å². The summed E-state index contributed by atoms with van der Waals surface area (Å²) in [5.41, 5.74) is -0.888. The number of hydrogen-bond acceptors (Lipinski definition) is 8. The minimum atomic E-state index is -4.55. The molecule has 0 spiro atoms. The topological polar surface area (TPSA) is 85.9 Å². The van der Waals surface area contributed by atoms with Gasteiger partial charge in [0.15, 0.2) is 0 Å². The molecule has 1 amide bonds. The fourth-order valence-corrected chi connectivity index (χ4v) is 4.60. The van der Waals surface area contributed by atoms with Gasteiger partial charge in [0.2, 0.25) is 11.9 Å². The number of amides is 1. The Morgan fingerprint density at radius 1 is 1.15 bits per heavy atom. The lowest BCUT2D eigenvalue weighted by atomic mass is 9.85. The van der Waals surface area contributed by atoms with E-state index in [1.165, 1.54) is 0 Å². The van der Waals surface area contributed by atoms with Gasteiger partial charge in [-0.05, 0) is 26.3 Å². The molecule has 3 aliphatic rings. The van der Waals surface area contributed by atoms with Crippen molar-refractivity contribution in [3.63, 3.8) is 0 Å². The summed E-state index contributed by atoms with van der Waals surface area (Å²) in [5, 5.41) is 6.01. The molecule has 1 aromatic heterocycles. The number of halogens is 3. The van der Waals surface area contributed by atoms with E-state index in [1.54, 1.807) is 4.90 Å². The zero-order valence-electron chi connectivity index (χ0n) is 19.6. The van der Waals surface area contributed by atoms with E-state index in [1.807, 2.05) is 0 Å². The number of nitrogens with one attached hydrogen (secondary N) is 2. The first-order chi connectivity index (χ1) is 16.3. The maximum atomic E-state index is 13.5. The summed E-state index contributed by atoms with van der Waals surface area (Å²) < 4.78 is 45.8. The summed E-state index contributed by atoms with van der Waals surface area (Å²) in [6, 6.07) is 0.663. The maximum Gasteiger partial charge on any atom is 0.421 e. The molecule has 1 aromatic rings. The van der Waals surface area contributed by atoms with E-state index in [9.17, 15) is 18.0 Å². The first kappa shape index (κ1) is 24.9. The number of likely N-dealkylation sites (N-methyl/N-ethyl adjacent to an activating group) is 1. The fraction of sp³-hybridized carbons (Fsp3) is 0.773. The maximum absolute atomic E-state index is 13.5. The molecule has 1 saturated carbocycles. The Hall–Kier alpha value is -2.18. The van der Waals surface area contributed by atoms with E-state index in [2.05, 4.69) is 37.4 Å². The van der Waals surface area contributed by atoms with Crippen LogP contribution in [0.5, 0.6) is 0 Å². The monoisotopic (exact) mass is 485 g/mol. The molecule has 2 N–H and O–H groups in total. The molecule has 1 aliphatic carbocycles. The molecule has 34 heavy (non-hydrogen) atoms. The normalized spacial score (nSPS) is 25.1. The largest absolute Gasteiger partial charge is 0.421 e. The lowest BCUT2D eigenvalue weighted by molar-refractivity contribution is -0.137. The molecule has 4 rings (SSSR count). The third-order valence-corrected chi connectivity index (χ3v) is 6.81. The quantitative estimate of drug-likeness (QED) is 0.539. The number of nitrogens with zero attached hydrogens (tertiary/aromatic N) is 5. The third kappa shape index (κ3) is 6.48. The molecule has 0 bridgehead atoms. The van der Waals surface area contributed by atoms with Crippen molar-refractivity contribution < 1.29 is 22.7 Å². The first-order valence-electron chi connectivity index (χ1n) is 12.0. The van der Waals surface area contributed by atoms with Crippen LogP contribution < -0.4 is 10.6 Å². The van der Waals surface area contributed by atoms with Crippen LogP contribution in [0.1, 0.15) is 31.2 Å².